The van der Waals surface area contributed by atoms with E-state index in [0.717, 1.165) is 23.4 Å². The number of pyridine rings is 1. The monoisotopic (exact) mass is 499 g/mol. The first-order valence-corrected chi connectivity index (χ1v) is 13.2. The minimum atomic E-state index is -0.468. The number of amides is 2. The molecule has 3 heterocycles. The number of piperidine rings is 1. The molecule has 0 bridgehead atoms. The van der Waals surface area contributed by atoms with Gasteiger partial charge in [0.1, 0.15) is 0 Å². The first-order valence-electron chi connectivity index (χ1n) is 12.8. The Morgan fingerprint density at radius 3 is 2.47 bits per heavy atom. The molecule has 1 saturated heterocycles. The maximum absolute atomic E-state index is 14.1. The molecule has 1 spiro atoms. The third-order valence-electron chi connectivity index (χ3n) is 8.28. The Bertz CT molecular complexity index is 1270. The van der Waals surface area contributed by atoms with Crippen molar-refractivity contribution >= 4 is 23.4 Å². The predicted molar refractivity (Wildman–Crippen MR) is 139 cm³/mol. The zero-order chi connectivity index (χ0) is 24.7. The van der Waals surface area contributed by atoms with Crippen molar-refractivity contribution in [2.75, 3.05) is 13.1 Å². The van der Waals surface area contributed by atoms with Crippen LogP contribution in [0.4, 0.5) is 0 Å². The summed E-state index contributed by atoms with van der Waals surface area (Å²) >= 11 is 6.03. The number of carbonyl (C=O) groups is 2. The van der Waals surface area contributed by atoms with Crippen molar-refractivity contribution in [3.63, 3.8) is 0 Å². The summed E-state index contributed by atoms with van der Waals surface area (Å²) in [5, 5.41) is 0.718. The quantitative estimate of drug-likeness (QED) is 0.493. The Balaban J connectivity index is 1.18. The number of hydrogen-bond acceptors (Lipinski definition) is 3. The van der Waals surface area contributed by atoms with Crippen LogP contribution >= 0.6 is 11.6 Å². The highest BCUT2D eigenvalue weighted by Crippen LogP contribution is 2.49. The number of benzene rings is 2. The SMILES string of the molecule is O=C([C@H]1C[C@@H]1c1ccc(Cl)cc1)N1CCC2(CC1)Cc1ccccc1CN(Cc1cccnc1)C2=O. The fraction of sp³-hybridized carbons (Fsp3) is 0.367. The molecule has 5 nitrogen and oxygen atoms in total. The summed E-state index contributed by atoms with van der Waals surface area (Å²) in [6.07, 6.45) is 6.64. The number of nitrogens with zero attached hydrogens (tertiary/aromatic N) is 3. The van der Waals surface area contributed by atoms with Crippen LogP contribution in [0.2, 0.25) is 5.02 Å². The molecule has 2 aromatic carbocycles. The second-order valence-electron chi connectivity index (χ2n) is 10.6. The summed E-state index contributed by atoms with van der Waals surface area (Å²) < 4.78 is 0. The van der Waals surface area contributed by atoms with Gasteiger partial charge in [-0.25, -0.2) is 0 Å². The zero-order valence-electron chi connectivity index (χ0n) is 20.3. The molecule has 2 atom stereocenters. The molecular formula is C30H30ClN3O2. The minimum absolute atomic E-state index is 0.0489. The van der Waals surface area contributed by atoms with Crippen molar-refractivity contribution in [1.82, 2.24) is 14.8 Å². The largest absolute Gasteiger partial charge is 0.342 e. The second kappa shape index (κ2) is 9.36. The van der Waals surface area contributed by atoms with Crippen molar-refractivity contribution in [3.05, 3.63) is 100 Å². The van der Waals surface area contributed by atoms with E-state index >= 15 is 0 Å². The van der Waals surface area contributed by atoms with Gasteiger partial charge in [-0.05, 0) is 72.1 Å². The van der Waals surface area contributed by atoms with Crippen molar-refractivity contribution in [2.24, 2.45) is 11.3 Å². The van der Waals surface area contributed by atoms with Crippen molar-refractivity contribution in [1.29, 1.82) is 0 Å². The molecule has 0 unspecified atom stereocenters. The summed E-state index contributed by atoms with van der Waals surface area (Å²) in [5.41, 5.74) is 4.23. The third-order valence-corrected chi connectivity index (χ3v) is 8.54. The summed E-state index contributed by atoms with van der Waals surface area (Å²) in [6.45, 7) is 2.43. The van der Waals surface area contributed by atoms with E-state index in [2.05, 4.69) is 29.2 Å². The molecule has 1 aliphatic carbocycles. The Kier molecular flexibility index (Phi) is 6.04. The van der Waals surface area contributed by atoms with Crippen LogP contribution in [0.25, 0.3) is 0 Å². The van der Waals surface area contributed by atoms with E-state index in [9.17, 15) is 9.59 Å². The average Bonchev–Trinajstić information content (AvgIpc) is 3.72. The van der Waals surface area contributed by atoms with Gasteiger partial charge in [-0.1, -0.05) is 54.1 Å². The molecule has 184 valence electrons. The van der Waals surface area contributed by atoms with E-state index in [4.69, 9.17) is 11.6 Å². The van der Waals surface area contributed by atoms with E-state index in [-0.39, 0.29) is 23.7 Å². The lowest BCUT2D eigenvalue weighted by molar-refractivity contribution is -0.149. The van der Waals surface area contributed by atoms with Gasteiger partial charge in [0.2, 0.25) is 11.8 Å². The predicted octanol–water partition coefficient (Wildman–Crippen LogP) is 5.23. The van der Waals surface area contributed by atoms with E-state index < -0.39 is 5.41 Å². The van der Waals surface area contributed by atoms with Gasteiger partial charge in [0.05, 0.1) is 5.41 Å². The molecule has 0 N–H and O–H groups in total. The fourth-order valence-corrected chi connectivity index (χ4v) is 6.23. The Hall–Kier alpha value is -3.18. The van der Waals surface area contributed by atoms with E-state index in [1.54, 1.807) is 6.20 Å². The molecule has 6 heteroatoms. The van der Waals surface area contributed by atoms with Crippen LogP contribution in [0.5, 0.6) is 0 Å². The van der Waals surface area contributed by atoms with E-state index in [0.29, 0.717) is 39.0 Å². The lowest BCUT2D eigenvalue weighted by Crippen LogP contribution is -2.51. The number of likely N-dealkylation sites (tertiary alicyclic amines) is 1. The maximum Gasteiger partial charge on any atom is 0.229 e. The van der Waals surface area contributed by atoms with Crippen molar-refractivity contribution in [2.45, 2.75) is 44.7 Å². The Labute approximate surface area is 217 Å². The minimum Gasteiger partial charge on any atom is -0.342 e. The lowest BCUT2D eigenvalue weighted by Gasteiger charge is -2.42. The highest BCUT2D eigenvalue weighted by Gasteiger charge is 2.50. The summed E-state index contributed by atoms with van der Waals surface area (Å²) in [5.74, 6) is 0.776. The normalized spacial score (nSPS) is 22.8. The maximum atomic E-state index is 14.1. The molecule has 3 aromatic rings. The van der Waals surface area contributed by atoms with Crippen LogP contribution in [0.1, 0.15) is 47.4 Å². The lowest BCUT2D eigenvalue weighted by atomic mass is 9.72. The number of hydrogen-bond donors (Lipinski definition) is 0. The number of carbonyl (C=O) groups excluding carboxylic acids is 2. The van der Waals surface area contributed by atoms with Crippen LogP contribution in [-0.2, 0) is 29.1 Å². The topological polar surface area (TPSA) is 53.5 Å². The molecule has 2 amide bonds. The molecular weight excluding hydrogens is 470 g/mol. The first kappa shape index (κ1) is 23.2. The Morgan fingerprint density at radius 2 is 1.75 bits per heavy atom. The van der Waals surface area contributed by atoms with Crippen molar-refractivity contribution in [3.8, 4) is 0 Å². The van der Waals surface area contributed by atoms with Gasteiger partial charge < -0.3 is 9.80 Å². The van der Waals surface area contributed by atoms with Gasteiger partial charge >= 0.3 is 0 Å². The molecule has 0 radical (unpaired) electrons. The molecule has 6 rings (SSSR count). The van der Waals surface area contributed by atoms with Gasteiger partial charge in [0.25, 0.3) is 0 Å². The van der Waals surface area contributed by atoms with Gasteiger partial charge in [0, 0.05) is 49.5 Å². The fourth-order valence-electron chi connectivity index (χ4n) is 6.10. The summed E-state index contributed by atoms with van der Waals surface area (Å²) in [4.78, 5) is 35.6. The Morgan fingerprint density at radius 1 is 1.00 bits per heavy atom. The van der Waals surface area contributed by atoms with Gasteiger partial charge in [0.15, 0.2) is 0 Å². The number of rotatable bonds is 4. The molecule has 2 aliphatic heterocycles. The van der Waals surface area contributed by atoms with Crippen LogP contribution in [0, 0.1) is 11.3 Å². The van der Waals surface area contributed by atoms with Gasteiger partial charge in [-0.3, -0.25) is 14.6 Å². The number of aromatic nitrogens is 1. The van der Waals surface area contributed by atoms with Crippen LogP contribution in [0.15, 0.2) is 73.1 Å². The van der Waals surface area contributed by atoms with Gasteiger partial charge in [-0.2, -0.15) is 0 Å². The highest BCUT2D eigenvalue weighted by molar-refractivity contribution is 6.30. The van der Waals surface area contributed by atoms with Crippen LogP contribution in [0.3, 0.4) is 0 Å². The van der Waals surface area contributed by atoms with Gasteiger partial charge in [-0.15, -0.1) is 0 Å². The summed E-state index contributed by atoms with van der Waals surface area (Å²) in [6, 6.07) is 20.2. The highest BCUT2D eigenvalue weighted by atomic mass is 35.5. The van der Waals surface area contributed by atoms with E-state index in [1.165, 1.54) is 16.7 Å². The first-order chi connectivity index (χ1) is 17.5. The molecule has 1 aromatic heterocycles. The standard InChI is InChI=1S/C30H30ClN3O2/c31-25-9-7-22(8-10-25)26-16-27(26)28(35)33-14-11-30(12-15-33)17-23-5-1-2-6-24(23)20-34(29(30)36)19-21-4-3-13-32-18-21/h1-10,13,18,26-27H,11-12,14-17,19-20H2/t26-,27+/m1/s1. The third kappa shape index (κ3) is 4.41. The molecule has 2 fully saturated rings. The second-order valence-corrected chi connectivity index (χ2v) is 11.0. The summed E-state index contributed by atoms with van der Waals surface area (Å²) in [7, 11) is 0. The zero-order valence-corrected chi connectivity index (χ0v) is 21.0. The molecule has 1 saturated carbocycles. The number of fused-ring (bicyclic) bond motifs is 1. The average molecular weight is 500 g/mol. The molecule has 3 aliphatic rings. The van der Waals surface area contributed by atoms with Crippen molar-refractivity contribution < 1.29 is 9.59 Å². The molecule has 36 heavy (non-hydrogen) atoms. The van der Waals surface area contributed by atoms with Crippen LogP contribution < -0.4 is 0 Å². The number of halogens is 1. The van der Waals surface area contributed by atoms with E-state index in [1.807, 2.05) is 52.4 Å². The smallest absolute Gasteiger partial charge is 0.229 e. The van der Waals surface area contributed by atoms with Crippen LogP contribution in [-0.4, -0.2) is 39.7 Å².